The lowest BCUT2D eigenvalue weighted by Gasteiger charge is -2.46. The molecule has 4 aromatic carbocycles. The van der Waals surface area contributed by atoms with Crippen molar-refractivity contribution in [3.05, 3.63) is 114 Å². The van der Waals surface area contributed by atoms with Crippen molar-refractivity contribution in [2.24, 2.45) is 0 Å². The maximum Gasteiger partial charge on any atom is 0.246 e. The number of hydrogen-bond donors (Lipinski definition) is 0. The van der Waals surface area contributed by atoms with Crippen LogP contribution in [0.2, 0.25) is 0 Å². The predicted octanol–water partition coefficient (Wildman–Crippen LogP) is 6.51. The molecule has 5 rings (SSSR count). The van der Waals surface area contributed by atoms with Crippen LogP contribution in [0.5, 0.6) is 0 Å². The third kappa shape index (κ3) is 3.10. The van der Waals surface area contributed by atoms with Gasteiger partial charge in [-0.05, 0) is 24.6 Å². The Balaban J connectivity index is 1.86. The summed E-state index contributed by atoms with van der Waals surface area (Å²) in [5.41, 5.74) is 8.85. The van der Waals surface area contributed by atoms with Crippen molar-refractivity contribution in [2.75, 3.05) is 19.5 Å². The zero-order valence-corrected chi connectivity index (χ0v) is 19.9. The first kappa shape index (κ1) is 20.3. The molecule has 0 aliphatic carbocycles. The fraction of sp³-hybridized carbons (Fsp3) is 0.172. The summed E-state index contributed by atoms with van der Waals surface area (Å²) >= 11 is 0. The number of aryl methyl sites for hydroxylation is 1. The van der Waals surface area contributed by atoms with Gasteiger partial charge in [-0.15, -0.1) is 12.6 Å². The van der Waals surface area contributed by atoms with Gasteiger partial charge in [0.25, 0.3) is 0 Å². The van der Waals surface area contributed by atoms with E-state index in [1.807, 2.05) is 0 Å². The summed E-state index contributed by atoms with van der Waals surface area (Å²) in [7, 11) is -1.34. The average Bonchev–Trinajstić information content (AvgIpc) is 2.99. The SMILES string of the molecule is CC1=C(c2ccc3ccccc3c2)[B-](c2ccccc2)(c2ccc(C)cc2)[P+](C)(C)C1. The highest BCUT2D eigenvalue weighted by Gasteiger charge is 2.56. The summed E-state index contributed by atoms with van der Waals surface area (Å²) in [5, 5.41) is 2.63. The highest BCUT2D eigenvalue weighted by atomic mass is 31.2. The normalized spacial score (nSPS) is 20.4. The van der Waals surface area contributed by atoms with Gasteiger partial charge in [-0.25, -0.2) is 0 Å². The summed E-state index contributed by atoms with van der Waals surface area (Å²) in [4.78, 5) is 0. The van der Waals surface area contributed by atoms with Crippen LogP contribution in [0, 0.1) is 6.92 Å². The molecule has 1 aliphatic heterocycles. The van der Waals surface area contributed by atoms with Gasteiger partial charge < -0.3 is 0 Å². The second-order valence-corrected chi connectivity index (χ2v) is 14.5. The lowest BCUT2D eigenvalue weighted by atomic mass is 9.32. The van der Waals surface area contributed by atoms with Gasteiger partial charge >= 0.3 is 0 Å². The lowest BCUT2D eigenvalue weighted by molar-refractivity contribution is 1.42. The van der Waals surface area contributed by atoms with E-state index in [-0.39, 0.29) is 0 Å². The van der Waals surface area contributed by atoms with E-state index >= 15 is 0 Å². The molecule has 1 atom stereocenters. The monoisotopic (exact) mass is 420 g/mol. The minimum atomic E-state index is -1.34. The Morgan fingerprint density at radius 2 is 1.26 bits per heavy atom. The van der Waals surface area contributed by atoms with Crippen LogP contribution >= 0.6 is 7.14 Å². The van der Waals surface area contributed by atoms with Gasteiger partial charge in [-0.3, -0.25) is 0 Å². The first-order chi connectivity index (χ1) is 14.9. The smallest absolute Gasteiger partial charge is 0.158 e. The van der Waals surface area contributed by atoms with Crippen molar-refractivity contribution < 1.29 is 0 Å². The van der Waals surface area contributed by atoms with E-state index in [4.69, 9.17) is 0 Å². The van der Waals surface area contributed by atoms with Gasteiger partial charge in [0.2, 0.25) is 5.87 Å². The van der Waals surface area contributed by atoms with Crippen LogP contribution in [-0.4, -0.2) is 25.4 Å². The molecule has 1 unspecified atom stereocenters. The highest BCUT2D eigenvalue weighted by Crippen LogP contribution is 2.69. The minimum absolute atomic E-state index is 1.02. The summed E-state index contributed by atoms with van der Waals surface area (Å²) in [6.07, 6.45) is 1.22. The van der Waals surface area contributed by atoms with Crippen molar-refractivity contribution in [2.45, 2.75) is 13.8 Å². The van der Waals surface area contributed by atoms with Crippen LogP contribution in [-0.2, 0) is 0 Å². The molecular weight excluding hydrogens is 390 g/mol. The molecule has 1 heterocycles. The maximum absolute atomic E-state index is 2.58. The van der Waals surface area contributed by atoms with Crippen molar-refractivity contribution in [3.63, 3.8) is 0 Å². The highest BCUT2D eigenvalue weighted by molar-refractivity contribution is 8.14. The van der Waals surface area contributed by atoms with Crippen molar-refractivity contribution in [1.82, 2.24) is 0 Å². The molecular formula is C29H30BP. The largest absolute Gasteiger partial charge is 0.246 e. The number of allylic oxidation sites excluding steroid dienone is 1. The van der Waals surface area contributed by atoms with Crippen LogP contribution in [0.1, 0.15) is 18.1 Å². The molecule has 0 saturated carbocycles. The van der Waals surface area contributed by atoms with Gasteiger partial charge in [-0.2, -0.15) is 10.9 Å². The summed E-state index contributed by atoms with van der Waals surface area (Å²) < 4.78 is 0. The molecule has 0 amide bonds. The summed E-state index contributed by atoms with van der Waals surface area (Å²) in [6, 6.07) is 36.6. The van der Waals surface area contributed by atoms with Gasteiger partial charge in [0.05, 0.1) is 0 Å². The van der Waals surface area contributed by atoms with Crippen LogP contribution in [0.25, 0.3) is 16.2 Å². The Labute approximate surface area is 187 Å². The number of rotatable bonds is 3. The Bertz CT molecular complexity index is 1290. The van der Waals surface area contributed by atoms with Crippen LogP contribution in [0.4, 0.5) is 0 Å². The van der Waals surface area contributed by atoms with Gasteiger partial charge in [0.1, 0.15) is 0 Å². The first-order valence-electron chi connectivity index (χ1n) is 11.2. The average molecular weight is 420 g/mol. The Morgan fingerprint density at radius 3 is 1.97 bits per heavy atom. The summed E-state index contributed by atoms with van der Waals surface area (Å²) in [6.45, 7) is 9.73. The molecule has 0 spiro atoms. The van der Waals surface area contributed by atoms with E-state index in [1.165, 1.54) is 39.0 Å². The Morgan fingerprint density at radius 1 is 0.645 bits per heavy atom. The molecule has 0 nitrogen and oxygen atoms in total. The third-order valence-electron chi connectivity index (χ3n) is 7.47. The molecule has 1 aliphatic rings. The zero-order chi connectivity index (χ0) is 21.6. The summed E-state index contributed by atoms with van der Waals surface area (Å²) in [5.74, 6) is -1.02. The third-order valence-corrected chi connectivity index (χ3v) is 11.7. The Hall–Kier alpha value is -2.63. The van der Waals surface area contributed by atoms with E-state index in [2.05, 4.69) is 124 Å². The van der Waals surface area contributed by atoms with Crippen molar-refractivity contribution in [3.8, 4) is 0 Å². The molecule has 4 aromatic rings. The van der Waals surface area contributed by atoms with Gasteiger partial charge in [-0.1, -0.05) is 114 Å². The molecule has 0 fully saturated rings. The molecule has 2 heteroatoms. The number of hydrogen-bond acceptors (Lipinski definition) is 0. The zero-order valence-electron chi connectivity index (χ0n) is 19.0. The number of fused-ring (bicyclic) bond motifs is 1. The molecule has 0 bridgehead atoms. The quantitative estimate of drug-likeness (QED) is 0.262. The number of benzene rings is 4. The second-order valence-electron chi connectivity index (χ2n) is 9.83. The van der Waals surface area contributed by atoms with Crippen LogP contribution in [0.15, 0.2) is 103 Å². The molecule has 0 radical (unpaired) electrons. The maximum atomic E-state index is 2.58. The topological polar surface area (TPSA) is 0 Å². The van der Waals surface area contributed by atoms with E-state index in [0.29, 0.717) is 0 Å². The standard InChI is InChI=1S/C29H30BP/c1-22-14-18-28(19-15-22)30(27-12-6-5-7-13-27)29(23(2)21-31(30,3)4)26-17-16-24-10-8-9-11-25(24)20-26/h5-20H,21H2,1-4H3. The van der Waals surface area contributed by atoms with Crippen molar-refractivity contribution >= 4 is 40.2 Å². The first-order valence-corrected chi connectivity index (χ1v) is 14.2. The van der Waals surface area contributed by atoms with E-state index < -0.39 is 13.0 Å². The van der Waals surface area contributed by atoms with Crippen LogP contribution < -0.4 is 10.9 Å². The van der Waals surface area contributed by atoms with E-state index in [9.17, 15) is 0 Å². The Kier molecular flexibility index (Phi) is 4.91. The minimum Gasteiger partial charge on any atom is -0.158 e. The molecule has 0 saturated heterocycles. The fourth-order valence-corrected chi connectivity index (χ4v) is 11.0. The van der Waals surface area contributed by atoms with Crippen LogP contribution in [0.3, 0.4) is 0 Å². The van der Waals surface area contributed by atoms with E-state index in [1.54, 1.807) is 11.0 Å². The molecule has 0 aromatic heterocycles. The van der Waals surface area contributed by atoms with Gasteiger partial charge in [0, 0.05) is 19.5 Å². The second kappa shape index (κ2) is 7.50. The molecule has 31 heavy (non-hydrogen) atoms. The molecule has 154 valence electrons. The fourth-order valence-electron chi connectivity index (χ4n) is 6.29. The lowest BCUT2D eigenvalue weighted by Crippen LogP contribution is -2.59. The van der Waals surface area contributed by atoms with Crippen molar-refractivity contribution in [1.29, 1.82) is 0 Å². The predicted molar refractivity (Wildman–Crippen MR) is 143 cm³/mol. The van der Waals surface area contributed by atoms with Gasteiger partial charge in [0.15, 0.2) is 0 Å². The van der Waals surface area contributed by atoms with E-state index in [0.717, 1.165) is 0 Å². The molecule has 0 N–H and O–H groups in total.